The van der Waals surface area contributed by atoms with Crippen LogP contribution < -0.4 is 4.74 Å². The van der Waals surface area contributed by atoms with Gasteiger partial charge in [-0.15, -0.1) is 0 Å². The van der Waals surface area contributed by atoms with Crippen molar-refractivity contribution in [3.8, 4) is 5.75 Å². The fraction of sp³-hybridized carbons (Fsp3) is 0.333. The predicted octanol–water partition coefficient (Wildman–Crippen LogP) is 2.90. The molecular formula is C15H18N2O2. The summed E-state index contributed by atoms with van der Waals surface area (Å²) in [6.07, 6.45) is 0.477. The molecule has 0 aliphatic carbocycles. The first-order chi connectivity index (χ1) is 9.11. The van der Waals surface area contributed by atoms with Gasteiger partial charge in [0.15, 0.2) is 5.78 Å². The lowest BCUT2D eigenvalue weighted by Gasteiger charge is -2.10. The highest BCUT2D eigenvalue weighted by molar-refractivity contribution is 5.98. The van der Waals surface area contributed by atoms with Crippen LogP contribution in [0.3, 0.4) is 0 Å². The van der Waals surface area contributed by atoms with Crippen molar-refractivity contribution in [1.29, 1.82) is 0 Å². The molecular weight excluding hydrogens is 240 g/mol. The summed E-state index contributed by atoms with van der Waals surface area (Å²) in [5.41, 5.74) is 2.58. The third-order valence-electron chi connectivity index (χ3n) is 2.98. The standard InChI is InChI=1S/C15H18N2O2/c1-4-14(18)13-7-5-6-8-15(13)19-10-12-9-11(2)16-17(12)3/h5-9H,4,10H2,1-3H3. The van der Waals surface area contributed by atoms with Gasteiger partial charge in [0, 0.05) is 13.5 Å². The fourth-order valence-corrected chi connectivity index (χ4v) is 1.96. The molecule has 0 atom stereocenters. The highest BCUT2D eigenvalue weighted by atomic mass is 16.5. The first-order valence-electron chi connectivity index (χ1n) is 6.36. The minimum atomic E-state index is 0.0942. The van der Waals surface area contributed by atoms with Crippen molar-refractivity contribution in [2.24, 2.45) is 7.05 Å². The van der Waals surface area contributed by atoms with Crippen molar-refractivity contribution in [1.82, 2.24) is 9.78 Å². The number of nitrogens with zero attached hydrogens (tertiary/aromatic N) is 2. The number of carbonyl (C=O) groups is 1. The summed E-state index contributed by atoms with van der Waals surface area (Å²) in [6, 6.07) is 9.33. The Morgan fingerprint density at radius 2 is 2.11 bits per heavy atom. The Labute approximate surface area is 113 Å². The van der Waals surface area contributed by atoms with Crippen molar-refractivity contribution in [3.63, 3.8) is 0 Å². The van der Waals surface area contributed by atoms with E-state index in [1.165, 1.54) is 0 Å². The number of hydrogen-bond donors (Lipinski definition) is 0. The Balaban J connectivity index is 2.16. The number of benzene rings is 1. The summed E-state index contributed by atoms with van der Waals surface area (Å²) in [4.78, 5) is 11.8. The van der Waals surface area contributed by atoms with E-state index < -0.39 is 0 Å². The summed E-state index contributed by atoms with van der Waals surface area (Å²) >= 11 is 0. The summed E-state index contributed by atoms with van der Waals surface area (Å²) in [6.45, 7) is 4.20. The molecule has 1 aromatic carbocycles. The molecule has 0 unspecified atom stereocenters. The van der Waals surface area contributed by atoms with Crippen LogP contribution in [-0.2, 0) is 13.7 Å². The van der Waals surface area contributed by atoms with Gasteiger partial charge in [-0.3, -0.25) is 9.48 Å². The van der Waals surface area contributed by atoms with Crippen LogP contribution in [0, 0.1) is 6.92 Å². The van der Waals surface area contributed by atoms with E-state index in [4.69, 9.17) is 4.74 Å². The van der Waals surface area contributed by atoms with E-state index in [9.17, 15) is 4.79 Å². The van der Waals surface area contributed by atoms with Crippen molar-refractivity contribution >= 4 is 5.78 Å². The summed E-state index contributed by atoms with van der Waals surface area (Å²) < 4.78 is 7.55. The molecule has 0 amide bonds. The Kier molecular flexibility index (Phi) is 4.00. The van der Waals surface area contributed by atoms with Crippen LogP contribution in [0.1, 0.15) is 35.1 Å². The molecule has 4 nitrogen and oxygen atoms in total. The number of ether oxygens (including phenoxy) is 1. The number of carbonyl (C=O) groups excluding carboxylic acids is 1. The Morgan fingerprint density at radius 3 is 2.74 bits per heavy atom. The topological polar surface area (TPSA) is 44.1 Å². The van der Waals surface area contributed by atoms with Crippen molar-refractivity contribution < 1.29 is 9.53 Å². The molecule has 0 bridgehead atoms. The molecule has 0 saturated heterocycles. The van der Waals surface area contributed by atoms with Gasteiger partial charge in [-0.05, 0) is 25.1 Å². The average molecular weight is 258 g/mol. The molecule has 0 N–H and O–H groups in total. The third kappa shape index (κ3) is 3.02. The van der Waals surface area contributed by atoms with Gasteiger partial charge in [0.25, 0.3) is 0 Å². The molecule has 2 rings (SSSR count). The zero-order chi connectivity index (χ0) is 13.8. The Bertz CT molecular complexity index is 588. The van der Waals surface area contributed by atoms with Gasteiger partial charge >= 0.3 is 0 Å². The largest absolute Gasteiger partial charge is 0.487 e. The van der Waals surface area contributed by atoms with Crippen LogP contribution in [-0.4, -0.2) is 15.6 Å². The summed E-state index contributed by atoms with van der Waals surface area (Å²) in [7, 11) is 1.88. The van der Waals surface area contributed by atoms with E-state index in [2.05, 4.69) is 5.10 Å². The summed E-state index contributed by atoms with van der Waals surface area (Å²) in [5.74, 6) is 0.727. The lowest BCUT2D eigenvalue weighted by Crippen LogP contribution is -2.06. The monoisotopic (exact) mass is 258 g/mol. The number of rotatable bonds is 5. The Morgan fingerprint density at radius 1 is 1.37 bits per heavy atom. The smallest absolute Gasteiger partial charge is 0.166 e. The SMILES string of the molecule is CCC(=O)c1ccccc1OCc1cc(C)nn1C. The van der Waals surface area contributed by atoms with Gasteiger partial charge in [0.05, 0.1) is 17.0 Å². The first kappa shape index (κ1) is 13.3. The fourth-order valence-electron chi connectivity index (χ4n) is 1.96. The van der Waals surface area contributed by atoms with E-state index in [-0.39, 0.29) is 5.78 Å². The van der Waals surface area contributed by atoms with E-state index in [1.54, 1.807) is 10.7 Å². The van der Waals surface area contributed by atoms with E-state index in [0.717, 1.165) is 11.4 Å². The molecule has 1 aromatic heterocycles. The van der Waals surface area contributed by atoms with Gasteiger partial charge in [-0.1, -0.05) is 19.1 Å². The highest BCUT2D eigenvalue weighted by Crippen LogP contribution is 2.20. The van der Waals surface area contributed by atoms with Crippen LogP contribution >= 0.6 is 0 Å². The van der Waals surface area contributed by atoms with E-state index in [1.807, 2.05) is 45.2 Å². The van der Waals surface area contributed by atoms with Gasteiger partial charge in [-0.25, -0.2) is 0 Å². The maximum atomic E-state index is 11.8. The molecule has 0 saturated carbocycles. The van der Waals surface area contributed by atoms with Crippen molar-refractivity contribution in [2.45, 2.75) is 26.9 Å². The van der Waals surface area contributed by atoms with Gasteiger partial charge < -0.3 is 4.74 Å². The second kappa shape index (κ2) is 5.69. The average Bonchev–Trinajstić information content (AvgIpc) is 2.74. The Hall–Kier alpha value is -2.10. The minimum Gasteiger partial charge on any atom is -0.487 e. The zero-order valence-electron chi connectivity index (χ0n) is 11.5. The van der Waals surface area contributed by atoms with Crippen molar-refractivity contribution in [3.05, 3.63) is 47.3 Å². The number of para-hydroxylation sites is 1. The normalized spacial score (nSPS) is 10.5. The van der Waals surface area contributed by atoms with Crippen molar-refractivity contribution in [2.75, 3.05) is 0 Å². The van der Waals surface area contributed by atoms with Crippen LogP contribution in [0.2, 0.25) is 0 Å². The number of ketones is 1. The summed E-state index contributed by atoms with van der Waals surface area (Å²) in [5, 5.41) is 4.27. The van der Waals surface area contributed by atoms with Crippen LogP contribution in [0.25, 0.3) is 0 Å². The molecule has 2 aromatic rings. The van der Waals surface area contributed by atoms with Gasteiger partial charge in [0.2, 0.25) is 0 Å². The minimum absolute atomic E-state index is 0.0942. The number of aryl methyl sites for hydroxylation is 2. The molecule has 4 heteroatoms. The number of Topliss-reactive ketones (excluding diaryl/α,β-unsaturated/α-hetero) is 1. The van der Waals surface area contributed by atoms with E-state index in [0.29, 0.717) is 24.3 Å². The van der Waals surface area contributed by atoms with Gasteiger partial charge in [-0.2, -0.15) is 5.10 Å². The predicted molar refractivity (Wildman–Crippen MR) is 73.3 cm³/mol. The first-order valence-corrected chi connectivity index (χ1v) is 6.36. The molecule has 0 radical (unpaired) electrons. The van der Waals surface area contributed by atoms with Crippen LogP contribution in [0.4, 0.5) is 0 Å². The second-order valence-corrected chi connectivity index (χ2v) is 4.46. The third-order valence-corrected chi connectivity index (χ3v) is 2.98. The van der Waals surface area contributed by atoms with Gasteiger partial charge in [0.1, 0.15) is 12.4 Å². The highest BCUT2D eigenvalue weighted by Gasteiger charge is 2.11. The maximum absolute atomic E-state index is 11.8. The number of aromatic nitrogens is 2. The lowest BCUT2D eigenvalue weighted by atomic mass is 10.1. The molecule has 0 aliphatic heterocycles. The van der Waals surface area contributed by atoms with Crippen LogP contribution in [0.5, 0.6) is 5.75 Å². The zero-order valence-corrected chi connectivity index (χ0v) is 11.5. The molecule has 0 spiro atoms. The maximum Gasteiger partial charge on any atom is 0.166 e. The number of hydrogen-bond acceptors (Lipinski definition) is 3. The molecule has 0 aliphatic rings. The quantitative estimate of drug-likeness (QED) is 0.774. The molecule has 19 heavy (non-hydrogen) atoms. The molecule has 1 heterocycles. The molecule has 100 valence electrons. The molecule has 0 fully saturated rings. The lowest BCUT2D eigenvalue weighted by molar-refractivity contribution is 0.0983. The van der Waals surface area contributed by atoms with Crippen LogP contribution in [0.15, 0.2) is 30.3 Å². The second-order valence-electron chi connectivity index (χ2n) is 4.46. The van der Waals surface area contributed by atoms with E-state index >= 15 is 0 Å².